The van der Waals surface area contributed by atoms with E-state index in [-0.39, 0.29) is 11.8 Å². The molecule has 120 valence electrons. The fraction of sp³-hybridized carbons (Fsp3) is 0.150. The van der Waals surface area contributed by atoms with Crippen molar-refractivity contribution in [3.05, 3.63) is 96.1 Å². The standard InChI is InChI=1S/C20H19N3O/c24-20(17-9-12-21-13-10-17)23-15-18(16-6-2-1-3-7-16)14-19-8-4-5-11-22-19/h1-13,18H,14-15H2,(H,23,24). The van der Waals surface area contributed by atoms with E-state index in [0.29, 0.717) is 12.1 Å². The maximum Gasteiger partial charge on any atom is 0.251 e. The first-order valence-electron chi connectivity index (χ1n) is 7.96. The van der Waals surface area contributed by atoms with Gasteiger partial charge in [0.05, 0.1) is 0 Å². The van der Waals surface area contributed by atoms with Crippen LogP contribution >= 0.6 is 0 Å². The monoisotopic (exact) mass is 317 g/mol. The van der Waals surface area contributed by atoms with E-state index >= 15 is 0 Å². The van der Waals surface area contributed by atoms with Crippen molar-refractivity contribution in [1.29, 1.82) is 0 Å². The molecule has 0 saturated heterocycles. The summed E-state index contributed by atoms with van der Waals surface area (Å²) < 4.78 is 0. The van der Waals surface area contributed by atoms with E-state index in [9.17, 15) is 4.79 Å². The lowest BCUT2D eigenvalue weighted by molar-refractivity contribution is 0.0951. The molecule has 1 amide bonds. The van der Waals surface area contributed by atoms with Gasteiger partial charge >= 0.3 is 0 Å². The summed E-state index contributed by atoms with van der Waals surface area (Å²) in [5.74, 6) is 0.0891. The lowest BCUT2D eigenvalue weighted by Crippen LogP contribution is -2.29. The third-order valence-corrected chi connectivity index (χ3v) is 3.90. The highest BCUT2D eigenvalue weighted by Gasteiger charge is 2.15. The Morgan fingerprint density at radius 2 is 1.67 bits per heavy atom. The van der Waals surface area contributed by atoms with E-state index in [1.807, 2.05) is 36.4 Å². The van der Waals surface area contributed by atoms with Crippen LogP contribution in [0.1, 0.15) is 27.5 Å². The summed E-state index contributed by atoms with van der Waals surface area (Å²) in [7, 11) is 0. The van der Waals surface area contributed by atoms with Gasteiger partial charge in [-0.25, -0.2) is 0 Å². The van der Waals surface area contributed by atoms with Gasteiger partial charge < -0.3 is 5.32 Å². The predicted octanol–water partition coefficient (Wildman–Crippen LogP) is 3.23. The summed E-state index contributed by atoms with van der Waals surface area (Å²) in [6, 6.07) is 19.6. The van der Waals surface area contributed by atoms with Gasteiger partial charge in [-0.1, -0.05) is 36.4 Å². The van der Waals surface area contributed by atoms with Crippen LogP contribution < -0.4 is 5.32 Å². The average molecular weight is 317 g/mol. The molecule has 1 aromatic carbocycles. The Morgan fingerprint density at radius 3 is 2.38 bits per heavy atom. The van der Waals surface area contributed by atoms with Gasteiger partial charge in [-0.3, -0.25) is 14.8 Å². The summed E-state index contributed by atoms with van der Waals surface area (Å²) in [6.45, 7) is 0.557. The molecule has 0 saturated carbocycles. The molecule has 0 aliphatic carbocycles. The SMILES string of the molecule is O=C(NCC(Cc1ccccn1)c1ccccc1)c1ccncc1. The van der Waals surface area contributed by atoms with Crippen molar-refractivity contribution in [3.63, 3.8) is 0 Å². The van der Waals surface area contributed by atoms with Crippen molar-refractivity contribution in [3.8, 4) is 0 Å². The Bertz CT molecular complexity index is 761. The van der Waals surface area contributed by atoms with E-state index in [1.165, 1.54) is 5.56 Å². The Labute approximate surface area is 141 Å². The van der Waals surface area contributed by atoms with Gasteiger partial charge in [0, 0.05) is 42.3 Å². The molecule has 3 rings (SSSR count). The maximum atomic E-state index is 12.3. The second-order valence-corrected chi connectivity index (χ2v) is 5.58. The average Bonchev–Trinajstić information content (AvgIpc) is 2.67. The number of nitrogens with zero attached hydrogens (tertiary/aromatic N) is 2. The molecule has 4 nitrogen and oxygen atoms in total. The Hall–Kier alpha value is -3.01. The molecule has 0 aliphatic rings. The smallest absolute Gasteiger partial charge is 0.251 e. The van der Waals surface area contributed by atoms with Gasteiger partial charge in [0.2, 0.25) is 0 Å². The number of amides is 1. The lowest BCUT2D eigenvalue weighted by Gasteiger charge is -2.18. The van der Waals surface area contributed by atoms with E-state index in [0.717, 1.165) is 12.1 Å². The first-order chi connectivity index (χ1) is 11.8. The molecule has 0 bridgehead atoms. The molecule has 0 radical (unpaired) electrons. The molecule has 1 unspecified atom stereocenters. The van der Waals surface area contributed by atoms with Gasteiger partial charge in [0.15, 0.2) is 0 Å². The lowest BCUT2D eigenvalue weighted by atomic mass is 9.94. The van der Waals surface area contributed by atoms with Gasteiger partial charge in [0.25, 0.3) is 5.91 Å². The number of aromatic nitrogens is 2. The van der Waals surface area contributed by atoms with Crippen LogP contribution in [-0.2, 0) is 6.42 Å². The Morgan fingerprint density at radius 1 is 0.917 bits per heavy atom. The van der Waals surface area contributed by atoms with E-state index < -0.39 is 0 Å². The summed E-state index contributed by atoms with van der Waals surface area (Å²) >= 11 is 0. The number of hydrogen-bond donors (Lipinski definition) is 1. The molecule has 1 atom stereocenters. The van der Waals surface area contributed by atoms with Crippen LogP contribution in [-0.4, -0.2) is 22.4 Å². The molecule has 0 fully saturated rings. The molecular formula is C20H19N3O. The van der Waals surface area contributed by atoms with Crippen molar-refractivity contribution in [1.82, 2.24) is 15.3 Å². The quantitative estimate of drug-likeness (QED) is 0.759. The summed E-state index contributed by atoms with van der Waals surface area (Å²) in [6.07, 6.45) is 5.82. The minimum absolute atomic E-state index is 0.0839. The van der Waals surface area contributed by atoms with E-state index in [1.54, 1.807) is 30.7 Å². The molecule has 0 aliphatic heterocycles. The van der Waals surface area contributed by atoms with Crippen molar-refractivity contribution in [2.45, 2.75) is 12.3 Å². The van der Waals surface area contributed by atoms with Gasteiger partial charge in [-0.2, -0.15) is 0 Å². The van der Waals surface area contributed by atoms with Crippen LogP contribution in [0.25, 0.3) is 0 Å². The fourth-order valence-corrected chi connectivity index (χ4v) is 2.63. The predicted molar refractivity (Wildman–Crippen MR) is 93.7 cm³/mol. The van der Waals surface area contributed by atoms with Crippen molar-refractivity contribution < 1.29 is 4.79 Å². The molecule has 1 N–H and O–H groups in total. The molecular weight excluding hydrogens is 298 g/mol. The zero-order valence-corrected chi connectivity index (χ0v) is 13.3. The highest BCUT2D eigenvalue weighted by molar-refractivity contribution is 5.93. The molecule has 0 spiro atoms. The number of rotatable bonds is 6. The van der Waals surface area contributed by atoms with Crippen LogP contribution in [0.2, 0.25) is 0 Å². The zero-order chi connectivity index (χ0) is 16.6. The maximum absolute atomic E-state index is 12.3. The van der Waals surface area contributed by atoms with Crippen LogP contribution in [0, 0.1) is 0 Å². The zero-order valence-electron chi connectivity index (χ0n) is 13.3. The fourth-order valence-electron chi connectivity index (χ4n) is 2.63. The number of carbonyl (C=O) groups is 1. The summed E-state index contributed by atoms with van der Waals surface area (Å²) in [5.41, 5.74) is 2.83. The largest absolute Gasteiger partial charge is 0.351 e. The highest BCUT2D eigenvalue weighted by Crippen LogP contribution is 2.19. The molecule has 2 aromatic heterocycles. The Kier molecular flexibility index (Phi) is 5.30. The number of nitrogens with one attached hydrogen (secondary N) is 1. The van der Waals surface area contributed by atoms with Crippen LogP contribution in [0.5, 0.6) is 0 Å². The molecule has 4 heteroatoms. The van der Waals surface area contributed by atoms with Gasteiger partial charge in [0.1, 0.15) is 0 Å². The van der Waals surface area contributed by atoms with Crippen LogP contribution in [0.3, 0.4) is 0 Å². The second-order valence-electron chi connectivity index (χ2n) is 5.58. The van der Waals surface area contributed by atoms with E-state index in [2.05, 4.69) is 27.4 Å². The second kappa shape index (κ2) is 8.02. The first kappa shape index (κ1) is 15.9. The summed E-state index contributed by atoms with van der Waals surface area (Å²) in [4.78, 5) is 20.6. The third kappa shape index (κ3) is 4.26. The molecule has 3 aromatic rings. The Balaban J connectivity index is 1.72. The van der Waals surface area contributed by atoms with Crippen molar-refractivity contribution in [2.75, 3.05) is 6.54 Å². The normalized spacial score (nSPS) is 11.7. The number of carbonyl (C=O) groups excluding carboxylic acids is 1. The van der Waals surface area contributed by atoms with Gasteiger partial charge in [-0.15, -0.1) is 0 Å². The molecule has 2 heterocycles. The summed E-state index contributed by atoms with van der Waals surface area (Å²) in [5, 5.41) is 3.02. The number of pyridine rings is 2. The number of benzene rings is 1. The highest BCUT2D eigenvalue weighted by atomic mass is 16.1. The minimum atomic E-state index is -0.0839. The van der Waals surface area contributed by atoms with Crippen molar-refractivity contribution >= 4 is 5.91 Å². The van der Waals surface area contributed by atoms with Crippen molar-refractivity contribution in [2.24, 2.45) is 0 Å². The van der Waals surface area contributed by atoms with Crippen LogP contribution in [0.15, 0.2) is 79.3 Å². The first-order valence-corrected chi connectivity index (χ1v) is 7.96. The van der Waals surface area contributed by atoms with Gasteiger partial charge in [-0.05, 0) is 36.2 Å². The van der Waals surface area contributed by atoms with Crippen LogP contribution in [0.4, 0.5) is 0 Å². The topological polar surface area (TPSA) is 54.9 Å². The van der Waals surface area contributed by atoms with E-state index in [4.69, 9.17) is 0 Å². The third-order valence-electron chi connectivity index (χ3n) is 3.90. The molecule has 24 heavy (non-hydrogen) atoms. The number of hydrogen-bond acceptors (Lipinski definition) is 3. The minimum Gasteiger partial charge on any atom is -0.351 e.